The molecule has 0 heterocycles. The van der Waals surface area contributed by atoms with Crippen LogP contribution in [0.25, 0.3) is 0 Å². The molecule has 1 rings (SSSR count). The van der Waals surface area contributed by atoms with Crippen molar-refractivity contribution in [1.29, 1.82) is 0 Å². The van der Waals surface area contributed by atoms with Gasteiger partial charge in [-0.3, -0.25) is 4.79 Å². The lowest BCUT2D eigenvalue weighted by atomic mass is 10.8. The second-order valence-electron chi connectivity index (χ2n) is 1.90. The van der Waals surface area contributed by atoms with Crippen molar-refractivity contribution in [2.24, 2.45) is 0 Å². The van der Waals surface area contributed by atoms with Gasteiger partial charge >= 0.3 is 5.97 Å². The molecule has 0 aromatic heterocycles. The monoisotopic (exact) mass is 132 g/mol. The number of thioether (sulfide) groups is 1. The van der Waals surface area contributed by atoms with Crippen LogP contribution in [0, 0.1) is 0 Å². The van der Waals surface area contributed by atoms with Crippen LogP contribution < -0.4 is 0 Å². The Morgan fingerprint density at radius 2 is 2.38 bits per heavy atom. The van der Waals surface area contributed by atoms with E-state index in [0.29, 0.717) is 5.25 Å². The van der Waals surface area contributed by atoms with Crippen LogP contribution in [0.5, 0.6) is 0 Å². The number of carbonyl (C=O) groups is 1. The average Bonchev–Trinajstić information content (AvgIpc) is 2.41. The van der Waals surface area contributed by atoms with Crippen LogP contribution in [0.4, 0.5) is 0 Å². The Morgan fingerprint density at radius 3 is 2.75 bits per heavy atom. The molecule has 0 aliphatic heterocycles. The van der Waals surface area contributed by atoms with E-state index in [1.807, 2.05) is 0 Å². The van der Waals surface area contributed by atoms with Crippen LogP contribution in [0.3, 0.4) is 0 Å². The van der Waals surface area contributed by atoms with Gasteiger partial charge in [-0.1, -0.05) is 0 Å². The van der Waals surface area contributed by atoms with E-state index >= 15 is 0 Å². The molecule has 1 N–H and O–H groups in total. The molecule has 0 atom stereocenters. The molecular weight excluding hydrogens is 124 g/mol. The van der Waals surface area contributed by atoms with Crippen LogP contribution in [-0.4, -0.2) is 22.1 Å². The standard InChI is InChI=1S/C5H8O2S/c6-5(7)3-8-4-1-2-4/h4H,1-3H2,(H,6,7). The number of aliphatic carboxylic acids is 1. The Labute approximate surface area is 52.3 Å². The molecule has 1 aliphatic carbocycles. The largest absolute Gasteiger partial charge is 0.481 e. The molecule has 3 heteroatoms. The number of carboxylic acids is 1. The summed E-state index contributed by atoms with van der Waals surface area (Å²) < 4.78 is 0. The van der Waals surface area contributed by atoms with Crippen molar-refractivity contribution in [2.75, 3.05) is 5.75 Å². The van der Waals surface area contributed by atoms with Crippen LogP contribution >= 0.6 is 11.8 Å². The van der Waals surface area contributed by atoms with E-state index in [1.165, 1.54) is 12.8 Å². The zero-order valence-electron chi connectivity index (χ0n) is 4.46. The normalized spacial score (nSPS) is 18.5. The predicted octanol–water partition coefficient (Wildman–Crippen LogP) is 0.967. The van der Waals surface area contributed by atoms with E-state index in [4.69, 9.17) is 5.11 Å². The molecule has 0 radical (unpaired) electrons. The maximum absolute atomic E-state index is 9.91. The van der Waals surface area contributed by atoms with Crippen molar-refractivity contribution in [3.63, 3.8) is 0 Å². The molecule has 46 valence electrons. The molecule has 0 aromatic carbocycles. The molecule has 1 aliphatic rings. The van der Waals surface area contributed by atoms with Gasteiger partial charge in [-0.05, 0) is 12.8 Å². The number of rotatable bonds is 3. The first kappa shape index (κ1) is 5.95. The quantitative estimate of drug-likeness (QED) is 0.621. The highest BCUT2D eigenvalue weighted by molar-refractivity contribution is 8.00. The first-order chi connectivity index (χ1) is 3.79. The minimum absolute atomic E-state index is 0.282. The van der Waals surface area contributed by atoms with Crippen molar-refractivity contribution >= 4 is 17.7 Å². The smallest absolute Gasteiger partial charge is 0.313 e. The van der Waals surface area contributed by atoms with Gasteiger partial charge in [-0.25, -0.2) is 0 Å². The number of hydrogen-bond donors (Lipinski definition) is 1. The van der Waals surface area contributed by atoms with Crippen molar-refractivity contribution in [1.82, 2.24) is 0 Å². The minimum atomic E-state index is -0.693. The van der Waals surface area contributed by atoms with E-state index in [2.05, 4.69) is 0 Å². The lowest BCUT2D eigenvalue weighted by molar-refractivity contribution is -0.133. The first-order valence-electron chi connectivity index (χ1n) is 2.62. The Bertz CT molecular complexity index is 98.6. The van der Waals surface area contributed by atoms with E-state index in [1.54, 1.807) is 11.8 Å². The predicted molar refractivity (Wildman–Crippen MR) is 33.1 cm³/mol. The molecule has 2 nitrogen and oxygen atoms in total. The lowest BCUT2D eigenvalue weighted by Gasteiger charge is -1.88. The molecule has 1 saturated carbocycles. The summed E-state index contributed by atoms with van der Waals surface area (Å²) in [7, 11) is 0. The van der Waals surface area contributed by atoms with Crippen LogP contribution in [-0.2, 0) is 4.79 Å². The van der Waals surface area contributed by atoms with Gasteiger partial charge in [0.1, 0.15) is 0 Å². The molecule has 0 amide bonds. The third-order valence-corrected chi connectivity index (χ3v) is 2.32. The minimum Gasteiger partial charge on any atom is -0.481 e. The van der Waals surface area contributed by atoms with Crippen LogP contribution in [0.15, 0.2) is 0 Å². The summed E-state index contributed by atoms with van der Waals surface area (Å²) in [5, 5.41) is 8.84. The number of carboxylic acid groups (broad SMARTS) is 1. The molecule has 0 saturated heterocycles. The van der Waals surface area contributed by atoms with Gasteiger partial charge < -0.3 is 5.11 Å². The Morgan fingerprint density at radius 1 is 1.75 bits per heavy atom. The lowest BCUT2D eigenvalue weighted by Crippen LogP contribution is -1.98. The van der Waals surface area contributed by atoms with Gasteiger partial charge in [0.05, 0.1) is 5.75 Å². The first-order valence-corrected chi connectivity index (χ1v) is 3.67. The van der Waals surface area contributed by atoms with Gasteiger partial charge in [0.25, 0.3) is 0 Å². The van der Waals surface area contributed by atoms with Gasteiger partial charge in [-0.15, -0.1) is 11.8 Å². The molecule has 0 aromatic rings. The Balaban J connectivity index is 1.95. The van der Waals surface area contributed by atoms with E-state index in [-0.39, 0.29) is 5.75 Å². The topological polar surface area (TPSA) is 37.3 Å². The van der Waals surface area contributed by atoms with Gasteiger partial charge in [-0.2, -0.15) is 0 Å². The Hall–Kier alpha value is -0.180. The third-order valence-electron chi connectivity index (χ3n) is 0.967. The Kier molecular flexibility index (Phi) is 1.78. The highest BCUT2D eigenvalue weighted by Gasteiger charge is 2.22. The van der Waals surface area contributed by atoms with Gasteiger partial charge in [0, 0.05) is 5.25 Å². The maximum Gasteiger partial charge on any atom is 0.313 e. The summed E-state index contributed by atoms with van der Waals surface area (Å²) in [4.78, 5) is 9.91. The molecule has 0 unspecified atom stereocenters. The average molecular weight is 132 g/mol. The van der Waals surface area contributed by atoms with Crippen molar-refractivity contribution in [3.8, 4) is 0 Å². The zero-order valence-corrected chi connectivity index (χ0v) is 5.28. The highest BCUT2D eigenvalue weighted by atomic mass is 32.2. The fraction of sp³-hybridized carbons (Fsp3) is 0.800. The van der Waals surface area contributed by atoms with E-state index < -0.39 is 5.97 Å². The highest BCUT2D eigenvalue weighted by Crippen LogP contribution is 2.33. The van der Waals surface area contributed by atoms with Crippen molar-refractivity contribution in [2.45, 2.75) is 18.1 Å². The van der Waals surface area contributed by atoms with E-state index in [9.17, 15) is 4.79 Å². The van der Waals surface area contributed by atoms with Crippen molar-refractivity contribution < 1.29 is 9.90 Å². The fourth-order valence-electron chi connectivity index (χ4n) is 0.424. The molecular formula is C5H8O2S. The van der Waals surface area contributed by atoms with Gasteiger partial charge in [0.2, 0.25) is 0 Å². The van der Waals surface area contributed by atoms with Crippen molar-refractivity contribution in [3.05, 3.63) is 0 Å². The molecule has 1 fully saturated rings. The summed E-state index contributed by atoms with van der Waals surface area (Å²) in [6, 6.07) is 0. The third kappa shape index (κ3) is 2.21. The van der Waals surface area contributed by atoms with Gasteiger partial charge in [0.15, 0.2) is 0 Å². The second kappa shape index (κ2) is 2.40. The summed E-state index contributed by atoms with van der Waals surface area (Å²) >= 11 is 1.55. The summed E-state index contributed by atoms with van der Waals surface area (Å²) in [5.74, 6) is -0.410. The summed E-state index contributed by atoms with van der Waals surface area (Å²) in [6.45, 7) is 0. The summed E-state index contributed by atoms with van der Waals surface area (Å²) in [5.41, 5.74) is 0. The SMILES string of the molecule is O=C(O)CSC1CC1. The zero-order chi connectivity index (χ0) is 5.98. The van der Waals surface area contributed by atoms with Crippen LogP contribution in [0.1, 0.15) is 12.8 Å². The molecule has 0 spiro atoms. The fourth-order valence-corrected chi connectivity index (χ4v) is 1.27. The summed E-state index contributed by atoms with van der Waals surface area (Å²) in [6.07, 6.45) is 2.44. The van der Waals surface area contributed by atoms with E-state index in [0.717, 1.165) is 0 Å². The molecule has 8 heavy (non-hydrogen) atoms. The van der Waals surface area contributed by atoms with Crippen LogP contribution in [0.2, 0.25) is 0 Å². The number of hydrogen-bond acceptors (Lipinski definition) is 2. The maximum atomic E-state index is 9.91. The molecule has 0 bridgehead atoms. The second-order valence-corrected chi connectivity index (χ2v) is 3.19.